The van der Waals surface area contributed by atoms with Gasteiger partial charge < -0.3 is 4.90 Å². The van der Waals surface area contributed by atoms with Crippen molar-refractivity contribution in [2.24, 2.45) is 5.92 Å². The molecule has 0 spiro atoms. The van der Waals surface area contributed by atoms with E-state index in [1.807, 2.05) is 6.92 Å². The van der Waals surface area contributed by atoms with Crippen LogP contribution in [0.15, 0.2) is 10.7 Å². The number of hydrogen-bond donors (Lipinski definition) is 0. The van der Waals surface area contributed by atoms with Crippen LogP contribution in [0.4, 0.5) is 5.95 Å². The predicted octanol–water partition coefficient (Wildman–Crippen LogP) is 2.29. The molecule has 0 radical (unpaired) electrons. The Labute approximate surface area is 103 Å². The number of piperidine rings is 1. The second-order valence-corrected chi connectivity index (χ2v) is 4.85. The second-order valence-electron chi connectivity index (χ2n) is 3.99. The van der Waals surface area contributed by atoms with Crippen LogP contribution >= 0.6 is 15.9 Å². The third-order valence-corrected chi connectivity index (χ3v) is 3.65. The molecular weight excluding hydrogens is 268 g/mol. The SMILES string of the molecule is Cc1nc(N2CCC(C#N)CC2)ncc1Br. The number of rotatable bonds is 1. The van der Waals surface area contributed by atoms with Gasteiger partial charge in [0, 0.05) is 25.2 Å². The fourth-order valence-electron chi connectivity index (χ4n) is 1.80. The third-order valence-electron chi connectivity index (χ3n) is 2.87. The Hall–Kier alpha value is -1.15. The fourth-order valence-corrected chi connectivity index (χ4v) is 1.99. The molecule has 16 heavy (non-hydrogen) atoms. The van der Waals surface area contributed by atoms with E-state index >= 15 is 0 Å². The topological polar surface area (TPSA) is 52.8 Å². The molecule has 1 aliphatic heterocycles. The lowest BCUT2D eigenvalue weighted by Crippen LogP contribution is -2.34. The van der Waals surface area contributed by atoms with Gasteiger partial charge in [-0.3, -0.25) is 0 Å². The maximum Gasteiger partial charge on any atom is 0.225 e. The van der Waals surface area contributed by atoms with Crippen LogP contribution in [0, 0.1) is 24.2 Å². The molecular formula is C11H13BrN4. The molecule has 0 aliphatic carbocycles. The highest BCUT2D eigenvalue weighted by molar-refractivity contribution is 9.10. The molecule has 1 aromatic heterocycles. The summed E-state index contributed by atoms with van der Waals surface area (Å²) in [5.41, 5.74) is 0.951. The first kappa shape index (κ1) is 11.3. The quantitative estimate of drug-likeness (QED) is 0.792. The van der Waals surface area contributed by atoms with Crippen LogP contribution < -0.4 is 4.90 Å². The van der Waals surface area contributed by atoms with Crippen molar-refractivity contribution in [2.45, 2.75) is 19.8 Å². The van der Waals surface area contributed by atoms with E-state index in [2.05, 4.69) is 36.9 Å². The van der Waals surface area contributed by atoms with Crippen LogP contribution in [0.3, 0.4) is 0 Å². The number of anilines is 1. The lowest BCUT2D eigenvalue weighted by Gasteiger charge is -2.29. The molecule has 0 N–H and O–H groups in total. The van der Waals surface area contributed by atoms with Gasteiger partial charge in [0.2, 0.25) is 5.95 Å². The van der Waals surface area contributed by atoms with Crippen LogP contribution in [0.5, 0.6) is 0 Å². The van der Waals surface area contributed by atoms with E-state index in [1.54, 1.807) is 6.20 Å². The second kappa shape index (κ2) is 4.79. The van der Waals surface area contributed by atoms with Gasteiger partial charge in [-0.25, -0.2) is 9.97 Å². The summed E-state index contributed by atoms with van der Waals surface area (Å²) in [5.74, 6) is 0.977. The zero-order chi connectivity index (χ0) is 11.5. The van der Waals surface area contributed by atoms with E-state index in [9.17, 15) is 0 Å². The van der Waals surface area contributed by atoms with Gasteiger partial charge in [-0.15, -0.1) is 0 Å². The third kappa shape index (κ3) is 2.33. The normalized spacial score (nSPS) is 17.2. The zero-order valence-electron chi connectivity index (χ0n) is 9.15. The molecule has 0 aromatic carbocycles. The average molecular weight is 281 g/mol. The largest absolute Gasteiger partial charge is 0.341 e. The van der Waals surface area contributed by atoms with Gasteiger partial charge in [-0.05, 0) is 35.7 Å². The Bertz CT molecular complexity index is 418. The van der Waals surface area contributed by atoms with E-state index in [4.69, 9.17) is 5.26 Å². The molecule has 1 aromatic rings. The maximum atomic E-state index is 8.82. The van der Waals surface area contributed by atoms with Crippen molar-refractivity contribution in [3.8, 4) is 6.07 Å². The highest BCUT2D eigenvalue weighted by atomic mass is 79.9. The van der Waals surface area contributed by atoms with Gasteiger partial charge in [0.15, 0.2) is 0 Å². The van der Waals surface area contributed by atoms with Crippen LogP contribution in [0.25, 0.3) is 0 Å². The monoisotopic (exact) mass is 280 g/mol. The first-order valence-corrected chi connectivity index (χ1v) is 6.13. The maximum absolute atomic E-state index is 8.82. The van der Waals surface area contributed by atoms with Crippen molar-refractivity contribution in [3.63, 3.8) is 0 Å². The minimum Gasteiger partial charge on any atom is -0.341 e. The highest BCUT2D eigenvalue weighted by Gasteiger charge is 2.20. The number of hydrogen-bond acceptors (Lipinski definition) is 4. The molecule has 84 valence electrons. The summed E-state index contributed by atoms with van der Waals surface area (Å²) in [6.07, 6.45) is 3.61. The van der Waals surface area contributed by atoms with E-state index in [-0.39, 0.29) is 5.92 Å². The summed E-state index contributed by atoms with van der Waals surface area (Å²) in [5, 5.41) is 8.82. The van der Waals surface area contributed by atoms with E-state index in [0.717, 1.165) is 42.0 Å². The number of nitrogens with zero attached hydrogens (tertiary/aromatic N) is 4. The van der Waals surface area contributed by atoms with Crippen molar-refractivity contribution in [1.82, 2.24) is 9.97 Å². The number of nitriles is 1. The molecule has 0 saturated carbocycles. The molecule has 2 rings (SSSR count). The summed E-state index contributed by atoms with van der Waals surface area (Å²) in [7, 11) is 0. The van der Waals surface area contributed by atoms with Gasteiger partial charge in [0.1, 0.15) is 0 Å². The van der Waals surface area contributed by atoms with Gasteiger partial charge in [-0.1, -0.05) is 0 Å². The Morgan fingerprint density at radius 1 is 1.50 bits per heavy atom. The first-order valence-electron chi connectivity index (χ1n) is 5.34. The molecule has 0 atom stereocenters. The average Bonchev–Trinajstić information content (AvgIpc) is 2.33. The van der Waals surface area contributed by atoms with Gasteiger partial charge in [-0.2, -0.15) is 5.26 Å². The smallest absolute Gasteiger partial charge is 0.225 e. The van der Waals surface area contributed by atoms with E-state index in [0.29, 0.717) is 0 Å². The van der Waals surface area contributed by atoms with Crippen molar-refractivity contribution >= 4 is 21.9 Å². The number of aromatic nitrogens is 2. The first-order chi connectivity index (χ1) is 7.70. The minimum absolute atomic E-state index is 0.202. The van der Waals surface area contributed by atoms with Crippen molar-refractivity contribution < 1.29 is 0 Å². The van der Waals surface area contributed by atoms with Gasteiger partial charge in [0.25, 0.3) is 0 Å². The van der Waals surface area contributed by atoms with Crippen LogP contribution in [-0.2, 0) is 0 Å². The summed E-state index contributed by atoms with van der Waals surface area (Å²) < 4.78 is 0.933. The van der Waals surface area contributed by atoms with Crippen LogP contribution in [-0.4, -0.2) is 23.1 Å². The van der Waals surface area contributed by atoms with Crippen LogP contribution in [0.2, 0.25) is 0 Å². The van der Waals surface area contributed by atoms with Gasteiger partial charge in [0.05, 0.1) is 16.2 Å². The predicted molar refractivity (Wildman–Crippen MR) is 65.0 cm³/mol. The minimum atomic E-state index is 0.202. The van der Waals surface area contributed by atoms with Crippen molar-refractivity contribution in [3.05, 3.63) is 16.4 Å². The molecule has 0 amide bonds. The zero-order valence-corrected chi connectivity index (χ0v) is 10.7. The van der Waals surface area contributed by atoms with E-state index < -0.39 is 0 Å². The molecule has 1 aliphatic rings. The fraction of sp³-hybridized carbons (Fsp3) is 0.545. The lowest BCUT2D eigenvalue weighted by molar-refractivity contribution is 0.482. The Balaban J connectivity index is 2.09. The highest BCUT2D eigenvalue weighted by Crippen LogP contribution is 2.21. The Morgan fingerprint density at radius 2 is 2.19 bits per heavy atom. The molecule has 1 fully saturated rings. The number of aryl methyl sites for hydroxylation is 1. The summed E-state index contributed by atoms with van der Waals surface area (Å²) in [6.45, 7) is 3.70. The lowest BCUT2D eigenvalue weighted by atomic mass is 9.99. The van der Waals surface area contributed by atoms with E-state index in [1.165, 1.54) is 0 Å². The van der Waals surface area contributed by atoms with Gasteiger partial charge >= 0.3 is 0 Å². The van der Waals surface area contributed by atoms with Crippen molar-refractivity contribution in [2.75, 3.05) is 18.0 Å². The molecule has 2 heterocycles. The number of halogens is 1. The molecule has 5 heteroatoms. The summed E-state index contributed by atoms with van der Waals surface area (Å²) in [6, 6.07) is 2.32. The Kier molecular flexibility index (Phi) is 3.39. The summed E-state index contributed by atoms with van der Waals surface area (Å²) >= 11 is 3.39. The summed E-state index contributed by atoms with van der Waals surface area (Å²) in [4.78, 5) is 10.9. The van der Waals surface area contributed by atoms with Crippen molar-refractivity contribution in [1.29, 1.82) is 5.26 Å². The Morgan fingerprint density at radius 3 is 2.75 bits per heavy atom. The van der Waals surface area contributed by atoms with Crippen LogP contribution in [0.1, 0.15) is 18.5 Å². The molecule has 0 bridgehead atoms. The molecule has 0 unspecified atom stereocenters. The molecule has 1 saturated heterocycles. The molecule has 4 nitrogen and oxygen atoms in total. The standard InChI is InChI=1S/C11H13BrN4/c1-8-10(12)7-14-11(15-8)16-4-2-9(6-13)3-5-16/h7,9H,2-5H2,1H3.